The molecule has 8 nitrogen and oxygen atoms in total. The third-order valence-electron chi connectivity index (χ3n) is 4.28. The van der Waals surface area contributed by atoms with E-state index in [0.717, 1.165) is 10.6 Å². The molecule has 0 fully saturated rings. The maximum atomic E-state index is 12.4. The molecule has 0 spiro atoms. The van der Waals surface area contributed by atoms with E-state index in [9.17, 15) is 13.2 Å². The van der Waals surface area contributed by atoms with Gasteiger partial charge in [-0.15, -0.1) is 0 Å². The Morgan fingerprint density at radius 3 is 2.47 bits per heavy atom. The Hall–Kier alpha value is -2.94. The fourth-order valence-electron chi connectivity index (χ4n) is 2.94. The Kier molecular flexibility index (Phi) is 6.71. The van der Waals surface area contributed by atoms with Crippen molar-refractivity contribution in [3.05, 3.63) is 48.5 Å². The Balaban J connectivity index is 1.59. The molecule has 162 valence electrons. The average molecular weight is 435 g/mol. The quantitative estimate of drug-likeness (QED) is 0.685. The summed E-state index contributed by atoms with van der Waals surface area (Å²) in [4.78, 5) is 12.4. The molecule has 1 amide bonds. The number of carbonyl (C=O) groups excluding carboxylic acids is 1. The normalized spacial score (nSPS) is 15.5. The van der Waals surface area contributed by atoms with E-state index >= 15 is 0 Å². The van der Waals surface area contributed by atoms with Crippen molar-refractivity contribution in [3.63, 3.8) is 0 Å². The number of nitrogens with zero attached hydrogens (tertiary/aromatic N) is 1. The number of fused-ring (bicyclic) bond motifs is 1. The van der Waals surface area contributed by atoms with Gasteiger partial charge in [0.05, 0.1) is 24.6 Å². The van der Waals surface area contributed by atoms with Crippen LogP contribution in [0.4, 0.5) is 5.69 Å². The Bertz CT molecular complexity index is 975. The SMILES string of the molecule is CC(C)Oc1ccc(N(CC(=O)NC[C@@H]2COc3ccccc3O2)S(C)(=O)=O)cc1. The maximum Gasteiger partial charge on any atom is 0.240 e. The topological polar surface area (TPSA) is 94.2 Å². The van der Waals surface area contributed by atoms with E-state index in [4.69, 9.17) is 14.2 Å². The number of amides is 1. The van der Waals surface area contributed by atoms with Crippen molar-refractivity contribution >= 4 is 21.6 Å². The number of ether oxygens (including phenoxy) is 3. The molecule has 0 unspecified atom stereocenters. The van der Waals surface area contributed by atoms with Crippen LogP contribution in [-0.2, 0) is 14.8 Å². The van der Waals surface area contributed by atoms with E-state index in [0.29, 0.717) is 29.5 Å². The molecule has 2 aromatic rings. The lowest BCUT2D eigenvalue weighted by molar-refractivity contribution is -0.120. The standard InChI is InChI=1S/C21H26N2O6S/c1-15(2)28-17-10-8-16(9-11-17)23(30(3,25)26)13-21(24)22-12-18-14-27-19-6-4-5-7-20(19)29-18/h4-11,15,18H,12-14H2,1-3H3,(H,22,24)/t18-/m1/s1. The first-order valence-corrected chi connectivity index (χ1v) is 11.5. The minimum Gasteiger partial charge on any atom is -0.491 e. The zero-order chi connectivity index (χ0) is 21.7. The van der Waals surface area contributed by atoms with Gasteiger partial charge in [-0.25, -0.2) is 8.42 Å². The van der Waals surface area contributed by atoms with E-state index in [1.807, 2.05) is 32.0 Å². The molecule has 0 saturated heterocycles. The molecule has 1 heterocycles. The smallest absolute Gasteiger partial charge is 0.240 e. The third kappa shape index (κ3) is 5.79. The van der Waals surface area contributed by atoms with Crippen LogP contribution in [0.25, 0.3) is 0 Å². The number of hydrogen-bond donors (Lipinski definition) is 1. The van der Waals surface area contributed by atoms with Crippen LogP contribution in [-0.4, -0.2) is 52.5 Å². The molecule has 0 aromatic heterocycles. The number of hydrogen-bond acceptors (Lipinski definition) is 6. The van der Waals surface area contributed by atoms with Gasteiger partial charge >= 0.3 is 0 Å². The van der Waals surface area contributed by atoms with Crippen LogP contribution in [0.1, 0.15) is 13.8 Å². The lowest BCUT2D eigenvalue weighted by Crippen LogP contribution is -2.45. The average Bonchev–Trinajstić information content (AvgIpc) is 2.70. The van der Waals surface area contributed by atoms with Crippen molar-refractivity contribution in [1.29, 1.82) is 0 Å². The fraction of sp³-hybridized carbons (Fsp3) is 0.381. The molecule has 2 aromatic carbocycles. The van der Waals surface area contributed by atoms with Gasteiger partial charge in [-0.2, -0.15) is 0 Å². The zero-order valence-corrected chi connectivity index (χ0v) is 18.0. The summed E-state index contributed by atoms with van der Waals surface area (Å²) in [5, 5.41) is 2.72. The highest BCUT2D eigenvalue weighted by Crippen LogP contribution is 2.30. The summed E-state index contributed by atoms with van der Waals surface area (Å²) in [6, 6.07) is 13.9. The molecule has 0 radical (unpaired) electrons. The highest BCUT2D eigenvalue weighted by atomic mass is 32.2. The van der Waals surface area contributed by atoms with Crippen LogP contribution in [0.15, 0.2) is 48.5 Å². The number of para-hydroxylation sites is 2. The van der Waals surface area contributed by atoms with Gasteiger partial charge in [-0.1, -0.05) is 12.1 Å². The van der Waals surface area contributed by atoms with Crippen molar-refractivity contribution in [3.8, 4) is 17.2 Å². The molecule has 3 rings (SSSR count). The van der Waals surface area contributed by atoms with Gasteiger partial charge in [-0.3, -0.25) is 9.10 Å². The second-order valence-electron chi connectivity index (χ2n) is 7.23. The van der Waals surface area contributed by atoms with E-state index < -0.39 is 15.9 Å². The number of anilines is 1. The summed E-state index contributed by atoms with van der Waals surface area (Å²) in [5.41, 5.74) is 0.384. The number of sulfonamides is 1. The van der Waals surface area contributed by atoms with Crippen LogP contribution >= 0.6 is 0 Å². The van der Waals surface area contributed by atoms with Crippen LogP contribution in [0, 0.1) is 0 Å². The summed E-state index contributed by atoms with van der Waals surface area (Å²) >= 11 is 0. The Morgan fingerprint density at radius 2 is 1.83 bits per heavy atom. The molecule has 1 atom stereocenters. The number of rotatable bonds is 8. The summed E-state index contributed by atoms with van der Waals surface area (Å²) in [5.74, 6) is 1.46. The predicted molar refractivity (Wildman–Crippen MR) is 114 cm³/mol. The molecule has 9 heteroatoms. The lowest BCUT2D eigenvalue weighted by Gasteiger charge is -2.27. The summed E-state index contributed by atoms with van der Waals surface area (Å²) in [6.07, 6.45) is 0.710. The molecule has 1 N–H and O–H groups in total. The third-order valence-corrected chi connectivity index (χ3v) is 5.42. The van der Waals surface area contributed by atoms with Gasteiger partial charge in [0.15, 0.2) is 11.5 Å². The van der Waals surface area contributed by atoms with E-state index in [1.54, 1.807) is 30.3 Å². The largest absolute Gasteiger partial charge is 0.491 e. The Morgan fingerprint density at radius 1 is 1.17 bits per heavy atom. The van der Waals surface area contributed by atoms with Crippen LogP contribution in [0.3, 0.4) is 0 Å². The lowest BCUT2D eigenvalue weighted by atomic mass is 10.2. The van der Waals surface area contributed by atoms with Gasteiger partial charge in [-0.05, 0) is 50.2 Å². The highest BCUT2D eigenvalue weighted by molar-refractivity contribution is 7.92. The second kappa shape index (κ2) is 9.25. The minimum atomic E-state index is -3.66. The monoisotopic (exact) mass is 434 g/mol. The van der Waals surface area contributed by atoms with Crippen LogP contribution in [0.2, 0.25) is 0 Å². The molecule has 0 saturated carbocycles. The second-order valence-corrected chi connectivity index (χ2v) is 9.14. The minimum absolute atomic E-state index is 0.00518. The molecule has 0 aliphatic carbocycles. The van der Waals surface area contributed by atoms with Crippen molar-refractivity contribution in [1.82, 2.24) is 5.32 Å². The number of nitrogens with one attached hydrogen (secondary N) is 1. The summed E-state index contributed by atoms with van der Waals surface area (Å²) in [7, 11) is -3.66. The fourth-order valence-corrected chi connectivity index (χ4v) is 3.80. The van der Waals surface area contributed by atoms with Crippen molar-refractivity contribution in [2.24, 2.45) is 0 Å². The van der Waals surface area contributed by atoms with Crippen molar-refractivity contribution in [2.45, 2.75) is 26.1 Å². The maximum absolute atomic E-state index is 12.4. The van der Waals surface area contributed by atoms with Gasteiger partial charge < -0.3 is 19.5 Å². The first kappa shape index (κ1) is 21.8. The molecule has 1 aliphatic heterocycles. The first-order chi connectivity index (χ1) is 14.2. The molecular weight excluding hydrogens is 408 g/mol. The molecule has 1 aliphatic rings. The van der Waals surface area contributed by atoms with Crippen LogP contribution < -0.4 is 23.8 Å². The van der Waals surface area contributed by atoms with E-state index in [2.05, 4.69) is 5.32 Å². The van der Waals surface area contributed by atoms with Crippen molar-refractivity contribution < 1.29 is 27.4 Å². The van der Waals surface area contributed by atoms with Crippen LogP contribution in [0.5, 0.6) is 17.2 Å². The summed E-state index contributed by atoms with van der Waals surface area (Å²) < 4.78 is 42.5. The Labute approximate surface area is 176 Å². The number of benzene rings is 2. The molecular formula is C21H26N2O6S. The van der Waals surface area contributed by atoms with Gasteiger partial charge in [0.2, 0.25) is 15.9 Å². The van der Waals surface area contributed by atoms with Gasteiger partial charge in [0, 0.05) is 0 Å². The van der Waals surface area contributed by atoms with E-state index in [-0.39, 0.29) is 25.3 Å². The molecule has 30 heavy (non-hydrogen) atoms. The number of carbonyl (C=O) groups is 1. The first-order valence-electron chi connectivity index (χ1n) is 9.62. The summed E-state index contributed by atoms with van der Waals surface area (Å²) in [6.45, 7) is 3.96. The zero-order valence-electron chi connectivity index (χ0n) is 17.2. The van der Waals surface area contributed by atoms with Crippen molar-refractivity contribution in [2.75, 3.05) is 30.3 Å². The highest BCUT2D eigenvalue weighted by Gasteiger charge is 2.24. The van der Waals surface area contributed by atoms with Gasteiger partial charge in [0.25, 0.3) is 0 Å². The molecule has 0 bridgehead atoms. The predicted octanol–water partition coefficient (Wildman–Crippen LogP) is 2.20. The van der Waals surface area contributed by atoms with E-state index in [1.165, 1.54) is 0 Å². The van der Waals surface area contributed by atoms with Gasteiger partial charge in [0.1, 0.15) is 25.0 Å².